The van der Waals surface area contributed by atoms with E-state index in [9.17, 15) is 5.11 Å². The summed E-state index contributed by atoms with van der Waals surface area (Å²) in [5.41, 5.74) is 3.69. The average Bonchev–Trinajstić information content (AvgIpc) is 2.89. The largest absolute Gasteiger partial charge is 0.493 e. The molecule has 0 saturated heterocycles. The highest BCUT2D eigenvalue weighted by atomic mass is 35.5. The first-order chi connectivity index (χ1) is 12.4. The Bertz CT molecular complexity index is 1200. The molecule has 2 N–H and O–H groups in total. The second-order valence-electron chi connectivity index (χ2n) is 6.16. The van der Waals surface area contributed by atoms with Crippen molar-refractivity contribution >= 4 is 56.5 Å². The van der Waals surface area contributed by atoms with Gasteiger partial charge in [-0.15, -0.1) is 10.2 Å². The van der Waals surface area contributed by atoms with Crippen LogP contribution >= 0.6 is 23.2 Å². The number of H-pyrrole nitrogens is 1. The summed E-state index contributed by atoms with van der Waals surface area (Å²) < 4.78 is 0. The van der Waals surface area contributed by atoms with Crippen molar-refractivity contribution in [2.45, 2.75) is 13.8 Å². The summed E-state index contributed by atoms with van der Waals surface area (Å²) >= 11 is 12.2. The third-order valence-corrected chi connectivity index (χ3v) is 4.68. The number of fused-ring (bicyclic) bond motifs is 2. The van der Waals surface area contributed by atoms with Crippen LogP contribution in [0.3, 0.4) is 0 Å². The van der Waals surface area contributed by atoms with E-state index in [1.165, 1.54) is 0 Å². The molecule has 2 aromatic heterocycles. The van der Waals surface area contributed by atoms with Crippen molar-refractivity contribution in [2.24, 2.45) is 10.2 Å². The molecule has 2 aromatic carbocycles. The number of hydrogen-bond acceptors (Lipinski definition) is 4. The van der Waals surface area contributed by atoms with E-state index in [1.54, 1.807) is 12.1 Å². The second-order valence-corrected chi connectivity index (χ2v) is 7.00. The molecule has 0 fully saturated rings. The van der Waals surface area contributed by atoms with Crippen molar-refractivity contribution in [2.75, 3.05) is 0 Å². The summed E-state index contributed by atoms with van der Waals surface area (Å²) in [5, 5.41) is 21.1. The summed E-state index contributed by atoms with van der Waals surface area (Å²) in [4.78, 5) is 7.38. The number of aromatic hydroxyl groups is 1. The maximum absolute atomic E-state index is 10.2. The van der Waals surface area contributed by atoms with E-state index >= 15 is 0 Å². The van der Waals surface area contributed by atoms with Crippen molar-refractivity contribution < 1.29 is 5.11 Å². The Labute approximate surface area is 159 Å². The van der Waals surface area contributed by atoms with Gasteiger partial charge in [0, 0.05) is 15.8 Å². The monoisotopic (exact) mass is 384 g/mol. The molecule has 0 bridgehead atoms. The fourth-order valence-corrected chi connectivity index (χ4v) is 3.41. The summed E-state index contributed by atoms with van der Waals surface area (Å²) in [6.45, 7) is 3.93. The maximum Gasteiger partial charge on any atom is 0.218 e. The lowest BCUT2D eigenvalue weighted by molar-refractivity contribution is 0.459. The number of benzene rings is 2. The number of hydrogen-bond donors (Lipinski definition) is 2. The van der Waals surface area contributed by atoms with Crippen LogP contribution in [0.25, 0.3) is 21.8 Å². The molecule has 0 aliphatic carbocycles. The molecule has 130 valence electrons. The summed E-state index contributed by atoms with van der Waals surface area (Å²) in [6.07, 6.45) is 0. The number of aryl methyl sites for hydroxylation is 2. The third kappa shape index (κ3) is 2.89. The molecule has 0 radical (unpaired) electrons. The Kier molecular flexibility index (Phi) is 4.05. The smallest absolute Gasteiger partial charge is 0.218 e. The number of azo groups is 1. The van der Waals surface area contributed by atoms with Crippen molar-refractivity contribution in [3.05, 3.63) is 57.6 Å². The zero-order valence-corrected chi connectivity index (χ0v) is 15.5. The molecular weight excluding hydrogens is 371 g/mol. The minimum atomic E-state index is -0.123. The Morgan fingerprint density at radius 2 is 1.85 bits per heavy atom. The number of pyridine rings is 1. The van der Waals surface area contributed by atoms with Crippen LogP contribution in [-0.4, -0.2) is 15.1 Å². The van der Waals surface area contributed by atoms with E-state index in [0.29, 0.717) is 26.8 Å². The number of rotatable bonds is 2. The van der Waals surface area contributed by atoms with E-state index < -0.39 is 0 Å². The van der Waals surface area contributed by atoms with Crippen LogP contribution in [0.5, 0.6) is 5.88 Å². The van der Waals surface area contributed by atoms with Gasteiger partial charge in [-0.3, -0.25) is 0 Å². The first-order valence-electron chi connectivity index (χ1n) is 7.92. The van der Waals surface area contributed by atoms with Gasteiger partial charge < -0.3 is 10.1 Å². The topological polar surface area (TPSA) is 73.6 Å². The first-order valence-corrected chi connectivity index (χ1v) is 8.67. The first kappa shape index (κ1) is 16.8. The lowest BCUT2D eigenvalue weighted by Gasteiger charge is -2.03. The van der Waals surface area contributed by atoms with Crippen LogP contribution in [0, 0.1) is 13.8 Å². The quantitative estimate of drug-likeness (QED) is 0.374. The maximum atomic E-state index is 10.2. The summed E-state index contributed by atoms with van der Waals surface area (Å²) in [6, 6.07) is 11.4. The number of aromatic nitrogens is 2. The van der Waals surface area contributed by atoms with Crippen LogP contribution in [0.1, 0.15) is 11.1 Å². The highest BCUT2D eigenvalue weighted by Gasteiger charge is 2.14. The molecule has 0 spiro atoms. The Morgan fingerprint density at radius 3 is 2.65 bits per heavy atom. The second kappa shape index (κ2) is 6.27. The van der Waals surface area contributed by atoms with Gasteiger partial charge in [0.05, 0.1) is 16.1 Å². The average molecular weight is 385 g/mol. The summed E-state index contributed by atoms with van der Waals surface area (Å²) in [5.74, 6) is 0.368. The third-order valence-electron chi connectivity index (χ3n) is 4.16. The molecule has 0 aliphatic rings. The molecule has 4 rings (SSSR count). The molecule has 5 nitrogen and oxygen atoms in total. The van der Waals surface area contributed by atoms with E-state index in [2.05, 4.69) is 20.2 Å². The SMILES string of the molecule is Cc1ccc2cc(C)c(N=Nc3c(O)[nH]c4c(Cl)cc(Cl)cc34)nc2c1. The molecule has 2 heterocycles. The van der Waals surface area contributed by atoms with Crippen molar-refractivity contribution in [1.29, 1.82) is 0 Å². The van der Waals surface area contributed by atoms with E-state index in [-0.39, 0.29) is 11.6 Å². The highest BCUT2D eigenvalue weighted by molar-refractivity contribution is 6.38. The van der Waals surface area contributed by atoms with E-state index in [1.807, 2.05) is 38.1 Å². The minimum absolute atomic E-state index is 0.123. The molecule has 0 aliphatic heterocycles. The number of halogens is 2. The van der Waals surface area contributed by atoms with Gasteiger partial charge in [0.25, 0.3) is 0 Å². The molecule has 26 heavy (non-hydrogen) atoms. The Morgan fingerprint density at radius 1 is 1.04 bits per heavy atom. The molecular formula is C19H14Cl2N4O. The standard InChI is InChI=1S/C19H14Cl2N4O/c1-9-3-4-11-6-10(2)18(22-15(11)5-9)25-24-17-13-7-12(20)8-14(21)16(13)23-19(17)26/h3-8,23,26H,1-2H3. The van der Waals surface area contributed by atoms with Crippen LogP contribution in [0.4, 0.5) is 11.5 Å². The van der Waals surface area contributed by atoms with Gasteiger partial charge in [0.1, 0.15) is 0 Å². The lowest BCUT2D eigenvalue weighted by Crippen LogP contribution is -1.84. The van der Waals surface area contributed by atoms with Crippen LogP contribution in [0.2, 0.25) is 10.0 Å². The van der Waals surface area contributed by atoms with Gasteiger partial charge in [-0.05, 0) is 49.2 Å². The fourth-order valence-electron chi connectivity index (χ4n) is 2.87. The van der Waals surface area contributed by atoms with E-state index in [0.717, 1.165) is 22.0 Å². The molecule has 0 unspecified atom stereocenters. The predicted molar refractivity (Wildman–Crippen MR) is 105 cm³/mol. The van der Waals surface area contributed by atoms with Gasteiger partial charge in [0.15, 0.2) is 11.5 Å². The van der Waals surface area contributed by atoms with Gasteiger partial charge in [0.2, 0.25) is 5.88 Å². The number of nitrogens with zero attached hydrogens (tertiary/aromatic N) is 3. The van der Waals surface area contributed by atoms with Gasteiger partial charge >= 0.3 is 0 Å². The molecule has 0 amide bonds. The molecule has 4 aromatic rings. The van der Waals surface area contributed by atoms with E-state index in [4.69, 9.17) is 23.2 Å². The van der Waals surface area contributed by atoms with Gasteiger partial charge in [-0.1, -0.05) is 35.3 Å². The zero-order chi connectivity index (χ0) is 18.4. The highest BCUT2D eigenvalue weighted by Crippen LogP contribution is 2.40. The molecule has 7 heteroatoms. The molecule has 0 saturated carbocycles. The molecule has 0 atom stereocenters. The van der Waals surface area contributed by atoms with Crippen molar-refractivity contribution in [3.63, 3.8) is 0 Å². The Balaban J connectivity index is 1.84. The van der Waals surface area contributed by atoms with Crippen molar-refractivity contribution in [1.82, 2.24) is 9.97 Å². The minimum Gasteiger partial charge on any atom is -0.493 e. The number of aromatic amines is 1. The van der Waals surface area contributed by atoms with Gasteiger partial charge in [-0.25, -0.2) is 4.98 Å². The lowest BCUT2D eigenvalue weighted by atomic mass is 10.1. The predicted octanol–water partition coefficient (Wildman–Crippen LogP) is 6.76. The normalized spacial score (nSPS) is 11.8. The fraction of sp³-hybridized carbons (Fsp3) is 0.105. The Hall–Kier alpha value is -2.63. The van der Waals surface area contributed by atoms with Crippen LogP contribution in [-0.2, 0) is 0 Å². The van der Waals surface area contributed by atoms with Gasteiger partial charge in [-0.2, -0.15) is 0 Å². The van der Waals surface area contributed by atoms with Crippen LogP contribution < -0.4 is 0 Å². The van der Waals surface area contributed by atoms with Crippen LogP contribution in [0.15, 0.2) is 46.6 Å². The summed E-state index contributed by atoms with van der Waals surface area (Å²) in [7, 11) is 0. The zero-order valence-electron chi connectivity index (χ0n) is 14.0. The van der Waals surface area contributed by atoms with Crippen molar-refractivity contribution in [3.8, 4) is 5.88 Å². The number of nitrogens with one attached hydrogen (secondary N) is 1.